The summed E-state index contributed by atoms with van der Waals surface area (Å²) in [5, 5.41) is 0.798. The van der Waals surface area contributed by atoms with Crippen LogP contribution in [0, 0.1) is 6.92 Å². The summed E-state index contributed by atoms with van der Waals surface area (Å²) in [5.74, 6) is 0. The molecule has 2 N–H and O–H groups in total. The molecule has 0 heterocycles. The van der Waals surface area contributed by atoms with Crippen molar-refractivity contribution in [3.63, 3.8) is 0 Å². The van der Waals surface area contributed by atoms with E-state index in [1.807, 2.05) is 6.07 Å². The van der Waals surface area contributed by atoms with Gasteiger partial charge in [0.05, 0.1) is 5.02 Å². The molecule has 2 rings (SSSR count). The Hall–Kier alpha value is -0.960. The van der Waals surface area contributed by atoms with Crippen molar-refractivity contribution in [1.29, 1.82) is 0 Å². The van der Waals surface area contributed by atoms with Gasteiger partial charge in [-0.2, -0.15) is 0 Å². The highest BCUT2D eigenvalue weighted by Crippen LogP contribution is 2.33. The van der Waals surface area contributed by atoms with Crippen molar-refractivity contribution in [2.75, 3.05) is 6.54 Å². The van der Waals surface area contributed by atoms with Crippen molar-refractivity contribution >= 4 is 23.4 Å². The van der Waals surface area contributed by atoms with E-state index in [2.05, 4.69) is 43.3 Å². The molecule has 0 saturated carbocycles. The van der Waals surface area contributed by atoms with Crippen LogP contribution in [-0.4, -0.2) is 6.54 Å². The number of aryl methyl sites for hydroxylation is 1. The van der Waals surface area contributed by atoms with Crippen LogP contribution in [0.2, 0.25) is 5.02 Å². The Balaban J connectivity index is 2.16. The van der Waals surface area contributed by atoms with Gasteiger partial charge in [0.1, 0.15) is 0 Å². The molecule has 0 aliphatic heterocycles. The molecule has 0 aliphatic rings. The van der Waals surface area contributed by atoms with Crippen LogP contribution in [-0.2, 0) is 6.42 Å². The lowest BCUT2D eigenvalue weighted by Crippen LogP contribution is -2.02. The Labute approximate surface area is 117 Å². The maximum atomic E-state index is 6.28. The number of hydrogen-bond donors (Lipinski definition) is 1. The van der Waals surface area contributed by atoms with Gasteiger partial charge < -0.3 is 5.73 Å². The maximum absolute atomic E-state index is 6.28. The van der Waals surface area contributed by atoms with Crippen LogP contribution < -0.4 is 5.73 Å². The summed E-state index contributed by atoms with van der Waals surface area (Å²) < 4.78 is 0. The first-order chi connectivity index (χ1) is 8.69. The van der Waals surface area contributed by atoms with Crippen molar-refractivity contribution in [1.82, 2.24) is 0 Å². The molecule has 3 heteroatoms. The molecule has 0 spiro atoms. The van der Waals surface area contributed by atoms with Crippen molar-refractivity contribution in [2.45, 2.75) is 23.1 Å². The smallest absolute Gasteiger partial charge is 0.0548 e. The van der Waals surface area contributed by atoms with E-state index in [4.69, 9.17) is 17.3 Å². The molecular weight excluding hydrogens is 262 g/mol. The number of halogens is 1. The van der Waals surface area contributed by atoms with Crippen LogP contribution in [0.4, 0.5) is 0 Å². The molecule has 0 saturated heterocycles. The summed E-state index contributed by atoms with van der Waals surface area (Å²) in [5.41, 5.74) is 8.00. The van der Waals surface area contributed by atoms with Gasteiger partial charge in [0, 0.05) is 9.79 Å². The second-order valence-corrected chi connectivity index (χ2v) is 5.74. The van der Waals surface area contributed by atoms with Crippen LogP contribution in [0.15, 0.2) is 52.3 Å². The van der Waals surface area contributed by atoms with Gasteiger partial charge in [0.2, 0.25) is 0 Å². The molecule has 2 aromatic carbocycles. The molecular formula is C15H16ClNS. The van der Waals surface area contributed by atoms with Gasteiger partial charge in [-0.15, -0.1) is 0 Å². The SMILES string of the molecule is Cc1ccc(Sc2ccc(CCN)cc2Cl)cc1. The van der Waals surface area contributed by atoms with Gasteiger partial charge in [0.15, 0.2) is 0 Å². The lowest BCUT2D eigenvalue weighted by molar-refractivity contribution is 0.966. The molecule has 0 bridgehead atoms. The van der Waals surface area contributed by atoms with Crippen molar-refractivity contribution in [2.24, 2.45) is 5.73 Å². The molecule has 1 nitrogen and oxygen atoms in total. The second kappa shape index (κ2) is 6.28. The van der Waals surface area contributed by atoms with E-state index in [1.54, 1.807) is 11.8 Å². The highest BCUT2D eigenvalue weighted by atomic mass is 35.5. The highest BCUT2D eigenvalue weighted by molar-refractivity contribution is 7.99. The van der Waals surface area contributed by atoms with E-state index in [0.717, 1.165) is 16.3 Å². The van der Waals surface area contributed by atoms with Crippen LogP contribution in [0.5, 0.6) is 0 Å². The summed E-state index contributed by atoms with van der Waals surface area (Å²) >= 11 is 7.97. The zero-order valence-electron chi connectivity index (χ0n) is 10.3. The number of hydrogen-bond acceptors (Lipinski definition) is 2. The number of benzene rings is 2. The minimum atomic E-state index is 0.654. The number of nitrogens with two attached hydrogens (primary N) is 1. The molecule has 0 aromatic heterocycles. The summed E-state index contributed by atoms with van der Waals surface area (Å²) in [7, 11) is 0. The Bertz CT molecular complexity index is 523. The third kappa shape index (κ3) is 3.52. The first-order valence-corrected chi connectivity index (χ1v) is 7.11. The fourth-order valence-corrected chi connectivity index (χ4v) is 2.82. The molecule has 0 fully saturated rings. The van der Waals surface area contributed by atoms with E-state index >= 15 is 0 Å². The van der Waals surface area contributed by atoms with Crippen LogP contribution in [0.1, 0.15) is 11.1 Å². The van der Waals surface area contributed by atoms with E-state index < -0.39 is 0 Å². The monoisotopic (exact) mass is 277 g/mol. The zero-order chi connectivity index (χ0) is 13.0. The van der Waals surface area contributed by atoms with Gasteiger partial charge in [-0.1, -0.05) is 47.1 Å². The predicted octanol–water partition coefficient (Wildman–Crippen LogP) is 4.30. The fourth-order valence-electron chi connectivity index (χ4n) is 1.68. The van der Waals surface area contributed by atoms with Gasteiger partial charge in [-0.25, -0.2) is 0 Å². The Morgan fingerprint density at radius 1 is 1.11 bits per heavy atom. The maximum Gasteiger partial charge on any atom is 0.0548 e. The Kier molecular flexibility index (Phi) is 4.70. The molecule has 0 aliphatic carbocycles. The van der Waals surface area contributed by atoms with Crippen molar-refractivity contribution in [3.8, 4) is 0 Å². The largest absolute Gasteiger partial charge is 0.330 e. The first kappa shape index (κ1) is 13.5. The zero-order valence-corrected chi connectivity index (χ0v) is 11.9. The Morgan fingerprint density at radius 3 is 2.44 bits per heavy atom. The van der Waals surface area contributed by atoms with E-state index in [0.29, 0.717) is 6.54 Å². The third-order valence-corrected chi connectivity index (χ3v) is 4.19. The standard InChI is InChI=1S/C15H16ClNS/c1-11-2-5-13(6-3-11)18-15-7-4-12(8-9-17)10-14(15)16/h2-7,10H,8-9,17H2,1H3. The van der Waals surface area contributed by atoms with Crippen molar-refractivity contribution in [3.05, 3.63) is 58.6 Å². The molecule has 0 amide bonds. The average Bonchev–Trinajstić information content (AvgIpc) is 2.36. The second-order valence-electron chi connectivity index (χ2n) is 4.22. The van der Waals surface area contributed by atoms with E-state index in [-0.39, 0.29) is 0 Å². The van der Waals surface area contributed by atoms with Gasteiger partial charge in [0.25, 0.3) is 0 Å². The van der Waals surface area contributed by atoms with Crippen molar-refractivity contribution < 1.29 is 0 Å². The molecule has 94 valence electrons. The minimum Gasteiger partial charge on any atom is -0.330 e. The van der Waals surface area contributed by atoms with E-state index in [1.165, 1.54) is 16.0 Å². The summed E-state index contributed by atoms with van der Waals surface area (Å²) in [6, 6.07) is 14.6. The molecule has 0 radical (unpaired) electrons. The molecule has 18 heavy (non-hydrogen) atoms. The normalized spacial score (nSPS) is 10.6. The van der Waals surface area contributed by atoms with Crippen LogP contribution in [0.25, 0.3) is 0 Å². The third-order valence-electron chi connectivity index (χ3n) is 2.68. The highest BCUT2D eigenvalue weighted by Gasteiger charge is 2.04. The average molecular weight is 278 g/mol. The lowest BCUT2D eigenvalue weighted by atomic mass is 10.1. The van der Waals surface area contributed by atoms with E-state index in [9.17, 15) is 0 Å². The fraction of sp³-hybridized carbons (Fsp3) is 0.200. The first-order valence-electron chi connectivity index (χ1n) is 5.92. The van der Waals surface area contributed by atoms with Gasteiger partial charge >= 0.3 is 0 Å². The Morgan fingerprint density at radius 2 is 1.83 bits per heavy atom. The van der Waals surface area contributed by atoms with Crippen LogP contribution in [0.3, 0.4) is 0 Å². The lowest BCUT2D eigenvalue weighted by Gasteiger charge is -2.07. The predicted molar refractivity (Wildman–Crippen MR) is 79.5 cm³/mol. The quantitative estimate of drug-likeness (QED) is 0.902. The van der Waals surface area contributed by atoms with Gasteiger partial charge in [-0.3, -0.25) is 0 Å². The summed E-state index contributed by atoms with van der Waals surface area (Å²) in [4.78, 5) is 2.29. The topological polar surface area (TPSA) is 26.0 Å². The molecule has 0 atom stereocenters. The molecule has 0 unspecified atom stereocenters. The van der Waals surface area contributed by atoms with Gasteiger partial charge in [-0.05, 0) is 49.7 Å². The summed E-state index contributed by atoms with van der Waals surface area (Å²) in [6.07, 6.45) is 0.870. The minimum absolute atomic E-state index is 0.654. The number of rotatable bonds is 4. The summed E-state index contributed by atoms with van der Waals surface area (Å²) in [6.45, 7) is 2.74. The molecule has 2 aromatic rings. The van der Waals surface area contributed by atoms with Crippen LogP contribution >= 0.6 is 23.4 Å².